The summed E-state index contributed by atoms with van der Waals surface area (Å²) in [5, 5.41) is 60.4. The van der Waals surface area contributed by atoms with E-state index >= 15 is 9.59 Å². The van der Waals surface area contributed by atoms with Crippen molar-refractivity contribution < 1.29 is 77.3 Å². The fourth-order valence-corrected chi connectivity index (χ4v) is 13.5. The lowest BCUT2D eigenvalue weighted by Crippen LogP contribution is -2.62. The number of nitrogens with two attached hydrogens (primary N) is 1. The molecule has 6 aromatic rings. The lowest BCUT2D eigenvalue weighted by molar-refractivity contribution is -0.142. The average Bonchev–Trinajstić information content (AvgIpc) is 1.36. The van der Waals surface area contributed by atoms with Crippen LogP contribution in [0.25, 0.3) is 10.8 Å². The molecule has 16 amide bonds. The van der Waals surface area contributed by atoms with Gasteiger partial charge in [-0.1, -0.05) is 124 Å². The van der Waals surface area contributed by atoms with Crippen molar-refractivity contribution in [2.24, 2.45) is 11.7 Å². The van der Waals surface area contributed by atoms with E-state index in [1.807, 2.05) is 56.3 Å². The number of anilines is 2. The van der Waals surface area contributed by atoms with Gasteiger partial charge in [-0.25, -0.2) is 9.59 Å². The second-order valence-electron chi connectivity index (χ2n) is 29.7. The number of rotatable bonds is 41. The number of urea groups is 2. The van der Waals surface area contributed by atoms with Crippen LogP contribution in [0.1, 0.15) is 114 Å². The number of carbonyl (C=O) groups is 14. The number of nitrogens with one attached hydrogen (secondary N) is 14. The Morgan fingerprint density at radius 1 is 0.534 bits per heavy atom. The molecule has 18 N–H and O–H groups in total. The van der Waals surface area contributed by atoms with E-state index in [2.05, 4.69) is 79.4 Å². The van der Waals surface area contributed by atoms with Crippen molar-refractivity contribution in [1.29, 1.82) is 0 Å². The van der Waals surface area contributed by atoms with Gasteiger partial charge in [-0.15, -0.1) is 0 Å². The van der Waals surface area contributed by atoms with E-state index in [4.69, 9.17) is 17.3 Å². The molecular weight excluding hydrogens is 1510 g/mol. The predicted molar refractivity (Wildman–Crippen MR) is 432 cm³/mol. The number of hydrogen-bond donors (Lipinski definition) is 17. The Kier molecular flexibility index (Phi) is 34.0. The molecule has 3 heterocycles. The molecule has 2 saturated heterocycles. The molecule has 5 aromatic carbocycles. The highest BCUT2D eigenvalue weighted by Crippen LogP contribution is 2.24. The molecule has 11 atom stereocenters. The fraction of sp³-hybridized carbons (Fsp3) is 0.427. The molecule has 0 radical (unpaired) electrons. The molecule has 2 aliphatic rings. The molecule has 620 valence electrons. The van der Waals surface area contributed by atoms with Gasteiger partial charge in [0.2, 0.25) is 70.9 Å². The van der Waals surface area contributed by atoms with Crippen LogP contribution in [0.2, 0.25) is 5.02 Å². The van der Waals surface area contributed by atoms with E-state index in [9.17, 15) is 67.7 Å². The lowest BCUT2D eigenvalue weighted by Gasteiger charge is -2.31. The van der Waals surface area contributed by atoms with E-state index in [1.54, 1.807) is 57.2 Å². The van der Waals surface area contributed by atoms with Gasteiger partial charge in [0.25, 0.3) is 0 Å². The minimum absolute atomic E-state index is 0.00619. The van der Waals surface area contributed by atoms with Gasteiger partial charge in [0.1, 0.15) is 60.4 Å². The molecule has 0 aliphatic carbocycles. The summed E-state index contributed by atoms with van der Waals surface area (Å²) < 4.78 is 0. The number of primary amides is 1. The number of hydrogen-bond acceptors (Lipinski definition) is 18. The van der Waals surface area contributed by atoms with E-state index in [1.165, 1.54) is 72.7 Å². The maximum atomic E-state index is 15.5. The number of nitrogens with zero attached hydrogens (tertiary/aromatic N) is 2. The SMILES string of the molecule is CC(=O)N[C@H](Cc1ccc2ccccc2c1)C(=O)N[C@H](Cc1ccc(Cl)cc1)C(=O)N[C@H](Cc1cccnc1)C(=O)N[C@@H](CO)C(=O)N[C@@H](Cc1ccc(NC(=O)[C@H]2CC(=O)NC(=O)N2)cc1)C(=O)N[C@H](Cc1ccc(NC(N)=O)cc1)C(=O)N[C@@H](CC(C)C)C(=O)N[C@@H](CCCCNC(C)C)C(=O)N1CCC[C@H]1C(=O)N[C@H](C)CO. The summed E-state index contributed by atoms with van der Waals surface area (Å²) in [6.45, 7) is 9.75. The zero-order chi connectivity index (χ0) is 84.1. The van der Waals surface area contributed by atoms with Gasteiger partial charge in [0.05, 0.1) is 19.6 Å². The Bertz CT molecular complexity index is 4430. The van der Waals surface area contributed by atoms with Crippen molar-refractivity contribution in [3.8, 4) is 0 Å². The largest absolute Gasteiger partial charge is 0.394 e. The Labute approximate surface area is 676 Å². The molecule has 8 rings (SSSR count). The van der Waals surface area contributed by atoms with Crippen LogP contribution in [0, 0.1) is 5.92 Å². The van der Waals surface area contributed by atoms with Crippen LogP contribution in [0.3, 0.4) is 0 Å². The Morgan fingerprint density at radius 2 is 1.03 bits per heavy atom. The van der Waals surface area contributed by atoms with Crippen LogP contribution in [0.15, 0.2) is 140 Å². The molecule has 2 aliphatic heterocycles. The number of aliphatic hydroxyl groups is 2. The molecule has 116 heavy (non-hydrogen) atoms. The van der Waals surface area contributed by atoms with Crippen molar-refractivity contribution in [2.75, 3.05) is 36.9 Å². The molecule has 1 aromatic heterocycles. The molecule has 33 nitrogen and oxygen atoms in total. The van der Waals surface area contributed by atoms with Crippen molar-refractivity contribution in [2.45, 2.75) is 191 Å². The van der Waals surface area contributed by atoms with Crippen LogP contribution in [0.4, 0.5) is 21.0 Å². The van der Waals surface area contributed by atoms with Crippen molar-refractivity contribution in [3.63, 3.8) is 0 Å². The second-order valence-corrected chi connectivity index (χ2v) is 30.2. The first-order valence-electron chi connectivity index (χ1n) is 38.6. The molecule has 34 heteroatoms. The number of aromatic nitrogens is 1. The third-order valence-electron chi connectivity index (χ3n) is 19.3. The number of aliphatic hydroxyl groups excluding tert-OH is 2. The normalized spacial score (nSPS) is 16.2. The van der Waals surface area contributed by atoms with E-state index in [0.29, 0.717) is 65.1 Å². The standard InChI is InChI=1S/C82H104ClN17O16/c1-46(2)35-61(72(106)91-60(16-9-10-33-86-47(3)4)80(114)100-34-12-17-69(100)79(113)87-48(5)44-101)92-74(108)64(38-52-23-30-59(31-24-52)90-81(84)115)94-76(110)65(39-51-21-28-58(29-22-51)89-71(105)67-42-70(104)99-82(116)98-67)96-78(112)68(45-102)97-77(111)66(41-54-13-11-32-85-43-54)95-75(109)63(37-50-19-26-57(83)27-20-50)93-73(107)62(88-49(6)103)40-53-18-25-55-14-7-8-15-56(55)36-53/h7-8,11,13-15,18-32,36,43,46-48,60-69,86,101-102H,9-10,12,16-17,33-35,37-42,44-45H2,1-6H3,(H,87,113)(H,88,103)(H,89,105)(H,91,106)(H,92,108)(H,93,107)(H,94,110)(H,95,109)(H,96,112)(H,97,111)(H3,84,90,115)(H2,98,99,104,116)/t48-,60+,61+,62-,63-,64-,65+,66-,67-,68+,69+/m1/s1. The highest BCUT2D eigenvalue weighted by atomic mass is 35.5. The second kappa shape index (κ2) is 44.1. The van der Waals surface area contributed by atoms with Gasteiger partial charge in [-0.05, 0) is 139 Å². The topological polar surface area (TPSA) is 490 Å². The van der Waals surface area contributed by atoms with Crippen molar-refractivity contribution in [3.05, 3.63) is 173 Å². The van der Waals surface area contributed by atoms with Crippen molar-refractivity contribution >= 4 is 117 Å². The summed E-state index contributed by atoms with van der Waals surface area (Å²) in [4.78, 5) is 201. The monoisotopic (exact) mass is 1620 g/mol. The highest BCUT2D eigenvalue weighted by molar-refractivity contribution is 6.30. The minimum atomic E-state index is -1.91. The molecule has 2 fully saturated rings. The Hall–Kier alpha value is -11.9. The smallest absolute Gasteiger partial charge is 0.322 e. The summed E-state index contributed by atoms with van der Waals surface area (Å²) in [5.41, 5.74) is 8.15. The van der Waals surface area contributed by atoms with E-state index in [-0.39, 0.29) is 81.4 Å². The van der Waals surface area contributed by atoms with Gasteiger partial charge >= 0.3 is 12.1 Å². The number of pyridine rings is 1. The van der Waals surface area contributed by atoms with Gasteiger partial charge < -0.3 is 90.0 Å². The number of halogens is 1. The third kappa shape index (κ3) is 28.3. The number of fused-ring (bicyclic) bond motifs is 1. The first kappa shape index (κ1) is 89.6. The van der Waals surface area contributed by atoms with Crippen LogP contribution >= 0.6 is 11.6 Å². The summed E-state index contributed by atoms with van der Waals surface area (Å²) >= 11 is 6.27. The van der Waals surface area contributed by atoms with Gasteiger partial charge in [-0.3, -0.25) is 67.8 Å². The predicted octanol–water partition coefficient (Wildman–Crippen LogP) is 2.02. The van der Waals surface area contributed by atoms with Gasteiger partial charge in [0.15, 0.2) is 0 Å². The number of amides is 16. The summed E-state index contributed by atoms with van der Waals surface area (Å²) in [6, 6.07) is 18.1. The van der Waals surface area contributed by atoms with E-state index < -0.39 is 162 Å². The number of imide groups is 1. The van der Waals surface area contributed by atoms with Crippen LogP contribution in [-0.2, 0) is 89.6 Å². The minimum Gasteiger partial charge on any atom is -0.394 e. The fourth-order valence-electron chi connectivity index (χ4n) is 13.4. The van der Waals surface area contributed by atoms with Crippen LogP contribution < -0.4 is 80.2 Å². The quantitative estimate of drug-likeness (QED) is 0.0244. The van der Waals surface area contributed by atoms with E-state index in [0.717, 1.165) is 10.8 Å². The summed E-state index contributed by atoms with van der Waals surface area (Å²) in [5.74, 6) is -9.88. The lowest BCUT2D eigenvalue weighted by atomic mass is 9.99. The molecule has 0 bridgehead atoms. The summed E-state index contributed by atoms with van der Waals surface area (Å²) in [7, 11) is 0. The number of unbranched alkanes of at least 4 members (excludes halogenated alkanes) is 1. The first-order valence-corrected chi connectivity index (χ1v) is 39.0. The number of benzene rings is 5. The molecule has 0 unspecified atom stereocenters. The third-order valence-corrected chi connectivity index (χ3v) is 19.6. The molecule has 0 spiro atoms. The van der Waals surface area contributed by atoms with Crippen LogP contribution in [0.5, 0.6) is 0 Å². The first-order chi connectivity index (χ1) is 55.4. The Balaban J connectivity index is 1.10. The van der Waals surface area contributed by atoms with Gasteiger partial charge in [0, 0.05) is 86.4 Å². The maximum absolute atomic E-state index is 15.5. The highest BCUT2D eigenvalue weighted by Gasteiger charge is 2.41. The summed E-state index contributed by atoms with van der Waals surface area (Å²) in [6.07, 6.45) is 3.34. The Morgan fingerprint density at radius 3 is 1.54 bits per heavy atom. The molecule has 0 saturated carbocycles. The zero-order valence-electron chi connectivity index (χ0n) is 65.6. The number of likely N-dealkylation sites (tertiary alicyclic amines) is 1. The van der Waals surface area contributed by atoms with Crippen molar-refractivity contribution in [1.82, 2.24) is 73.7 Å². The zero-order valence-corrected chi connectivity index (χ0v) is 66.3. The maximum Gasteiger partial charge on any atom is 0.322 e. The van der Waals surface area contributed by atoms with Gasteiger partial charge in [-0.2, -0.15) is 0 Å². The average molecular weight is 1620 g/mol. The number of carbonyl (C=O) groups excluding carboxylic acids is 14. The van der Waals surface area contributed by atoms with Crippen LogP contribution in [-0.4, -0.2) is 202 Å². The molecular formula is C82H104ClN17O16.